The molecule has 1 fully saturated rings. The zero-order valence-corrected chi connectivity index (χ0v) is 12.6. The maximum atomic E-state index is 9.17. The Kier molecular flexibility index (Phi) is 4.67. The number of nitriles is 1. The van der Waals surface area contributed by atoms with Crippen LogP contribution in [0.15, 0.2) is 48.7 Å². The molecule has 1 atom stereocenters. The summed E-state index contributed by atoms with van der Waals surface area (Å²) in [5.74, 6) is 1.58. The molecule has 3 rings (SSSR count). The second-order valence-electron chi connectivity index (χ2n) is 5.75. The molecule has 1 aliphatic heterocycles. The molecule has 0 spiro atoms. The highest BCUT2D eigenvalue weighted by Gasteiger charge is 2.22. The molecule has 22 heavy (non-hydrogen) atoms. The van der Waals surface area contributed by atoms with Gasteiger partial charge in [-0.15, -0.1) is 0 Å². The smallest absolute Gasteiger partial charge is 0.125 e. The van der Waals surface area contributed by atoms with E-state index in [0.717, 1.165) is 43.1 Å². The van der Waals surface area contributed by atoms with Crippen LogP contribution in [0.3, 0.4) is 0 Å². The maximum Gasteiger partial charge on any atom is 0.125 e. The third-order valence-electron chi connectivity index (χ3n) is 4.14. The summed E-state index contributed by atoms with van der Waals surface area (Å²) in [5.41, 5.74) is 1.92. The standard InChI is InChI=1S/C18H20N4/c19-11-16-5-1-2-6-17(16)14-22-10-8-15(13-22)12-21-18-7-3-4-9-20-18/h1-7,9,15H,8,10,12-14H2,(H,20,21)/t15-/m0/s1. The highest BCUT2D eigenvalue weighted by Crippen LogP contribution is 2.20. The molecule has 2 heterocycles. The zero-order valence-electron chi connectivity index (χ0n) is 12.6. The van der Waals surface area contributed by atoms with E-state index in [4.69, 9.17) is 5.26 Å². The zero-order chi connectivity index (χ0) is 15.2. The number of anilines is 1. The molecule has 0 radical (unpaired) electrons. The Morgan fingerprint density at radius 1 is 1.23 bits per heavy atom. The molecule has 0 saturated carbocycles. The van der Waals surface area contributed by atoms with Crippen molar-refractivity contribution >= 4 is 5.82 Å². The first kappa shape index (κ1) is 14.6. The summed E-state index contributed by atoms with van der Waals surface area (Å²) < 4.78 is 0. The van der Waals surface area contributed by atoms with Gasteiger partial charge in [-0.1, -0.05) is 24.3 Å². The Morgan fingerprint density at radius 2 is 2.09 bits per heavy atom. The fraction of sp³-hybridized carbons (Fsp3) is 0.333. The van der Waals surface area contributed by atoms with E-state index in [1.807, 2.05) is 42.6 Å². The second-order valence-corrected chi connectivity index (χ2v) is 5.75. The van der Waals surface area contributed by atoms with Crippen LogP contribution in [0.5, 0.6) is 0 Å². The third-order valence-corrected chi connectivity index (χ3v) is 4.14. The van der Waals surface area contributed by atoms with Crippen molar-refractivity contribution in [2.75, 3.05) is 25.0 Å². The number of pyridine rings is 1. The van der Waals surface area contributed by atoms with Crippen molar-refractivity contribution in [1.29, 1.82) is 5.26 Å². The van der Waals surface area contributed by atoms with Crippen LogP contribution in [0, 0.1) is 17.2 Å². The van der Waals surface area contributed by atoms with Gasteiger partial charge in [0.15, 0.2) is 0 Å². The van der Waals surface area contributed by atoms with Crippen molar-refractivity contribution in [2.24, 2.45) is 5.92 Å². The summed E-state index contributed by atoms with van der Waals surface area (Å²) in [4.78, 5) is 6.72. The lowest BCUT2D eigenvalue weighted by molar-refractivity contribution is 0.318. The molecule has 0 unspecified atom stereocenters. The number of rotatable bonds is 5. The molecule has 2 aromatic rings. The normalized spacial score (nSPS) is 18.0. The molecule has 4 heteroatoms. The van der Waals surface area contributed by atoms with Gasteiger partial charge >= 0.3 is 0 Å². The molecule has 4 nitrogen and oxygen atoms in total. The summed E-state index contributed by atoms with van der Waals surface area (Å²) in [5, 5.41) is 12.6. The Balaban J connectivity index is 1.51. The number of likely N-dealkylation sites (tertiary alicyclic amines) is 1. The molecule has 1 saturated heterocycles. The minimum absolute atomic E-state index is 0.635. The molecule has 0 amide bonds. The predicted octanol–water partition coefficient (Wildman–Crippen LogP) is 2.89. The van der Waals surface area contributed by atoms with E-state index in [1.54, 1.807) is 0 Å². The van der Waals surface area contributed by atoms with Gasteiger partial charge in [-0.05, 0) is 42.6 Å². The third kappa shape index (κ3) is 3.63. The molecule has 112 valence electrons. The molecule has 1 aromatic carbocycles. The number of aromatic nitrogens is 1. The molecule has 1 aromatic heterocycles. The number of nitrogens with zero attached hydrogens (tertiary/aromatic N) is 3. The van der Waals surface area contributed by atoms with Crippen LogP contribution in [-0.4, -0.2) is 29.5 Å². The van der Waals surface area contributed by atoms with E-state index in [-0.39, 0.29) is 0 Å². The van der Waals surface area contributed by atoms with Crippen molar-refractivity contribution in [1.82, 2.24) is 9.88 Å². The Morgan fingerprint density at radius 3 is 2.91 bits per heavy atom. The summed E-state index contributed by atoms with van der Waals surface area (Å²) >= 11 is 0. The van der Waals surface area contributed by atoms with Crippen LogP contribution in [0.4, 0.5) is 5.82 Å². The van der Waals surface area contributed by atoms with Crippen LogP contribution >= 0.6 is 0 Å². The van der Waals surface area contributed by atoms with E-state index in [9.17, 15) is 0 Å². The Bertz CT molecular complexity index is 648. The minimum atomic E-state index is 0.635. The van der Waals surface area contributed by atoms with Gasteiger partial charge in [0.1, 0.15) is 5.82 Å². The largest absolute Gasteiger partial charge is 0.370 e. The van der Waals surface area contributed by atoms with Gasteiger partial charge in [-0.25, -0.2) is 4.98 Å². The van der Waals surface area contributed by atoms with Gasteiger partial charge in [0.25, 0.3) is 0 Å². The molecule has 0 aliphatic carbocycles. The number of nitrogens with one attached hydrogen (secondary N) is 1. The lowest BCUT2D eigenvalue weighted by Gasteiger charge is -2.17. The number of hydrogen-bond donors (Lipinski definition) is 1. The van der Waals surface area contributed by atoms with E-state index in [0.29, 0.717) is 5.92 Å². The average Bonchev–Trinajstić information content (AvgIpc) is 3.02. The number of hydrogen-bond acceptors (Lipinski definition) is 4. The van der Waals surface area contributed by atoms with Crippen molar-refractivity contribution in [2.45, 2.75) is 13.0 Å². The fourth-order valence-corrected chi connectivity index (χ4v) is 2.95. The van der Waals surface area contributed by atoms with E-state index in [2.05, 4.69) is 27.3 Å². The fourth-order valence-electron chi connectivity index (χ4n) is 2.95. The maximum absolute atomic E-state index is 9.17. The van der Waals surface area contributed by atoms with E-state index < -0.39 is 0 Å². The molecule has 1 N–H and O–H groups in total. The van der Waals surface area contributed by atoms with E-state index in [1.165, 1.54) is 6.42 Å². The van der Waals surface area contributed by atoms with Gasteiger partial charge in [0, 0.05) is 25.8 Å². The van der Waals surface area contributed by atoms with Crippen molar-refractivity contribution < 1.29 is 0 Å². The summed E-state index contributed by atoms with van der Waals surface area (Å²) in [6.45, 7) is 3.98. The highest BCUT2D eigenvalue weighted by molar-refractivity contribution is 5.37. The first-order valence-corrected chi connectivity index (χ1v) is 7.70. The second kappa shape index (κ2) is 7.06. The van der Waals surface area contributed by atoms with Gasteiger partial charge in [0.2, 0.25) is 0 Å². The van der Waals surface area contributed by atoms with Gasteiger partial charge in [-0.2, -0.15) is 5.26 Å². The van der Waals surface area contributed by atoms with Crippen LogP contribution in [0.1, 0.15) is 17.5 Å². The molecular formula is C18H20N4. The van der Waals surface area contributed by atoms with Crippen LogP contribution in [0.25, 0.3) is 0 Å². The minimum Gasteiger partial charge on any atom is -0.370 e. The summed E-state index contributed by atoms with van der Waals surface area (Å²) in [6, 6.07) is 16.1. The molecular weight excluding hydrogens is 272 g/mol. The van der Waals surface area contributed by atoms with E-state index >= 15 is 0 Å². The van der Waals surface area contributed by atoms with Crippen molar-refractivity contribution in [3.8, 4) is 6.07 Å². The lowest BCUT2D eigenvalue weighted by Crippen LogP contribution is -2.23. The van der Waals surface area contributed by atoms with Gasteiger partial charge in [-0.3, -0.25) is 4.90 Å². The first-order valence-electron chi connectivity index (χ1n) is 7.70. The lowest BCUT2D eigenvalue weighted by atomic mass is 10.1. The highest BCUT2D eigenvalue weighted by atomic mass is 15.1. The topological polar surface area (TPSA) is 52.0 Å². The van der Waals surface area contributed by atoms with Gasteiger partial charge < -0.3 is 5.32 Å². The summed E-state index contributed by atoms with van der Waals surface area (Å²) in [7, 11) is 0. The number of benzene rings is 1. The SMILES string of the molecule is N#Cc1ccccc1CN1CC[C@@H](CNc2ccccn2)C1. The van der Waals surface area contributed by atoms with Crippen LogP contribution < -0.4 is 5.32 Å². The quantitative estimate of drug-likeness (QED) is 0.920. The predicted molar refractivity (Wildman–Crippen MR) is 87.3 cm³/mol. The Labute approximate surface area is 131 Å². The van der Waals surface area contributed by atoms with Crippen LogP contribution in [0.2, 0.25) is 0 Å². The van der Waals surface area contributed by atoms with Crippen molar-refractivity contribution in [3.05, 3.63) is 59.8 Å². The van der Waals surface area contributed by atoms with Crippen LogP contribution in [-0.2, 0) is 6.54 Å². The summed E-state index contributed by atoms with van der Waals surface area (Å²) in [6.07, 6.45) is 3.00. The van der Waals surface area contributed by atoms with Gasteiger partial charge in [0.05, 0.1) is 11.6 Å². The monoisotopic (exact) mass is 292 g/mol. The van der Waals surface area contributed by atoms with Crippen molar-refractivity contribution in [3.63, 3.8) is 0 Å². The average molecular weight is 292 g/mol. The Hall–Kier alpha value is -2.38. The first-order chi connectivity index (χ1) is 10.8. The molecule has 0 bridgehead atoms. The molecule has 1 aliphatic rings.